The number of carbonyl (C=O) groups excluding carboxylic acids is 2. The molecule has 3 rings (SSSR count). The Balaban J connectivity index is 1.88. The molecule has 0 fully saturated rings. The summed E-state index contributed by atoms with van der Waals surface area (Å²) in [6, 6.07) is 12.1. The van der Waals surface area contributed by atoms with Crippen LogP contribution in [0.1, 0.15) is 17.9 Å². The van der Waals surface area contributed by atoms with Crippen molar-refractivity contribution in [1.82, 2.24) is 0 Å². The lowest BCUT2D eigenvalue weighted by molar-refractivity contribution is -0.138. The molecule has 6 heteroatoms. The summed E-state index contributed by atoms with van der Waals surface area (Å²) in [5.74, 6) is -0.911. The molecule has 1 aliphatic heterocycles. The third-order valence-electron chi connectivity index (χ3n) is 3.39. The monoisotopic (exact) mass is 379 g/mol. The van der Waals surface area contributed by atoms with E-state index in [4.69, 9.17) is 16.3 Å². The van der Waals surface area contributed by atoms with Crippen LogP contribution in [0.2, 0.25) is 5.02 Å². The van der Waals surface area contributed by atoms with Crippen LogP contribution in [-0.2, 0) is 9.59 Å². The van der Waals surface area contributed by atoms with Crippen LogP contribution in [0.3, 0.4) is 0 Å². The van der Waals surface area contributed by atoms with Crippen LogP contribution in [-0.4, -0.2) is 11.9 Å². The van der Waals surface area contributed by atoms with E-state index in [1.165, 1.54) is 0 Å². The number of amides is 1. The van der Waals surface area contributed by atoms with Crippen molar-refractivity contribution in [3.8, 4) is 5.75 Å². The molecular formula is C16H11BrClNO3. The summed E-state index contributed by atoms with van der Waals surface area (Å²) in [6.07, 6.45) is 0.0705. The van der Waals surface area contributed by atoms with E-state index in [1.807, 2.05) is 18.2 Å². The number of fused-ring (bicyclic) bond motifs is 1. The first-order valence-electron chi connectivity index (χ1n) is 6.60. The summed E-state index contributed by atoms with van der Waals surface area (Å²) >= 11 is 9.17. The van der Waals surface area contributed by atoms with E-state index in [0.29, 0.717) is 20.9 Å². The van der Waals surface area contributed by atoms with Gasteiger partial charge in [0.25, 0.3) is 0 Å². The van der Waals surface area contributed by atoms with Crippen molar-refractivity contribution in [2.24, 2.45) is 0 Å². The number of ether oxygens (including phenoxy) is 1. The first kappa shape index (κ1) is 15.1. The lowest BCUT2D eigenvalue weighted by atomic mass is 9.91. The molecule has 22 heavy (non-hydrogen) atoms. The molecule has 1 aliphatic rings. The highest BCUT2D eigenvalue weighted by atomic mass is 79.9. The molecule has 1 amide bonds. The fraction of sp³-hybridized carbons (Fsp3) is 0.125. The van der Waals surface area contributed by atoms with Gasteiger partial charge in [-0.1, -0.05) is 29.8 Å². The lowest BCUT2D eigenvalue weighted by Crippen LogP contribution is -2.29. The van der Waals surface area contributed by atoms with E-state index in [-0.39, 0.29) is 12.3 Å². The van der Waals surface area contributed by atoms with Crippen LogP contribution in [0, 0.1) is 0 Å². The summed E-state index contributed by atoms with van der Waals surface area (Å²) in [5, 5.41) is 3.29. The van der Waals surface area contributed by atoms with Gasteiger partial charge in [-0.05, 0) is 45.8 Å². The van der Waals surface area contributed by atoms with E-state index >= 15 is 0 Å². The molecule has 1 heterocycles. The Bertz CT molecular complexity index is 763. The molecule has 1 atom stereocenters. The van der Waals surface area contributed by atoms with Crippen molar-refractivity contribution >= 4 is 45.1 Å². The maximum atomic E-state index is 12.5. The molecule has 0 saturated heterocycles. The quantitative estimate of drug-likeness (QED) is 0.629. The minimum Gasteiger partial charge on any atom is -0.425 e. The number of anilines is 1. The van der Waals surface area contributed by atoms with Gasteiger partial charge in [0.1, 0.15) is 5.75 Å². The number of rotatable bonds is 2. The molecule has 0 aromatic heterocycles. The minimum atomic E-state index is -0.618. The van der Waals surface area contributed by atoms with Crippen molar-refractivity contribution in [2.75, 3.05) is 5.32 Å². The highest BCUT2D eigenvalue weighted by Gasteiger charge is 2.32. The van der Waals surface area contributed by atoms with Gasteiger partial charge in [0.05, 0.1) is 10.4 Å². The third-order valence-corrected chi connectivity index (χ3v) is 4.24. The van der Waals surface area contributed by atoms with E-state index in [1.54, 1.807) is 24.3 Å². The molecule has 2 aromatic rings. The maximum absolute atomic E-state index is 12.5. The fourth-order valence-electron chi connectivity index (χ4n) is 2.36. The van der Waals surface area contributed by atoms with Crippen LogP contribution < -0.4 is 10.1 Å². The van der Waals surface area contributed by atoms with Crippen molar-refractivity contribution in [3.63, 3.8) is 0 Å². The number of esters is 1. The molecule has 2 aromatic carbocycles. The SMILES string of the molecule is O=C1CC(C(=O)Oc2ccc(Cl)cc2Br)c2ccccc2N1. The predicted molar refractivity (Wildman–Crippen MR) is 87.2 cm³/mol. The van der Waals surface area contributed by atoms with Crippen molar-refractivity contribution in [1.29, 1.82) is 0 Å². The van der Waals surface area contributed by atoms with Gasteiger partial charge < -0.3 is 10.1 Å². The summed E-state index contributed by atoms with van der Waals surface area (Å²) in [4.78, 5) is 24.2. The maximum Gasteiger partial charge on any atom is 0.319 e. The summed E-state index contributed by atoms with van der Waals surface area (Å²) in [7, 11) is 0. The third kappa shape index (κ3) is 3.00. The van der Waals surface area contributed by atoms with E-state index < -0.39 is 11.9 Å². The number of para-hydroxylation sites is 1. The molecule has 1 N–H and O–H groups in total. The van der Waals surface area contributed by atoms with Gasteiger partial charge >= 0.3 is 5.97 Å². The van der Waals surface area contributed by atoms with Gasteiger partial charge in [0.15, 0.2) is 0 Å². The van der Waals surface area contributed by atoms with Crippen LogP contribution in [0.5, 0.6) is 5.75 Å². The molecule has 0 saturated carbocycles. The Morgan fingerprint density at radius 2 is 2.05 bits per heavy atom. The Hall–Kier alpha value is -1.85. The minimum absolute atomic E-state index is 0.0705. The van der Waals surface area contributed by atoms with Gasteiger partial charge in [0, 0.05) is 17.1 Å². The second-order valence-corrected chi connectivity index (χ2v) is 6.18. The van der Waals surface area contributed by atoms with Crippen LogP contribution in [0.25, 0.3) is 0 Å². The smallest absolute Gasteiger partial charge is 0.319 e. The Morgan fingerprint density at radius 3 is 2.82 bits per heavy atom. The fourth-order valence-corrected chi connectivity index (χ4v) is 3.12. The number of halogens is 2. The first-order chi connectivity index (χ1) is 10.5. The average Bonchev–Trinajstić information content (AvgIpc) is 2.49. The zero-order chi connectivity index (χ0) is 15.7. The average molecular weight is 381 g/mol. The van der Waals surface area contributed by atoms with Crippen molar-refractivity contribution in [3.05, 3.63) is 57.5 Å². The van der Waals surface area contributed by atoms with Crippen molar-refractivity contribution in [2.45, 2.75) is 12.3 Å². The number of hydrogen-bond acceptors (Lipinski definition) is 3. The van der Waals surface area contributed by atoms with Gasteiger partial charge in [-0.3, -0.25) is 9.59 Å². The number of carbonyl (C=O) groups is 2. The molecule has 0 radical (unpaired) electrons. The topological polar surface area (TPSA) is 55.4 Å². The normalized spacial score (nSPS) is 16.6. The highest BCUT2D eigenvalue weighted by Crippen LogP contribution is 2.35. The second-order valence-electron chi connectivity index (χ2n) is 4.89. The number of hydrogen-bond donors (Lipinski definition) is 1. The Kier molecular flexibility index (Phi) is 4.18. The molecule has 0 bridgehead atoms. The van der Waals surface area contributed by atoms with Crippen LogP contribution in [0.15, 0.2) is 46.9 Å². The second kappa shape index (κ2) is 6.10. The molecule has 4 nitrogen and oxygen atoms in total. The highest BCUT2D eigenvalue weighted by molar-refractivity contribution is 9.10. The summed E-state index contributed by atoms with van der Waals surface area (Å²) in [5.41, 5.74) is 1.41. The van der Waals surface area contributed by atoms with Crippen LogP contribution >= 0.6 is 27.5 Å². The standard InChI is InChI=1S/C16H11BrClNO3/c17-12-7-9(18)5-6-14(12)22-16(21)11-8-15(20)19-13-4-2-1-3-10(11)13/h1-7,11H,8H2,(H,19,20). The number of benzene rings is 2. The van der Waals surface area contributed by atoms with Gasteiger partial charge in [-0.15, -0.1) is 0 Å². The largest absolute Gasteiger partial charge is 0.425 e. The predicted octanol–water partition coefficient (Wildman–Crippen LogP) is 4.13. The van der Waals surface area contributed by atoms with Gasteiger partial charge in [0.2, 0.25) is 5.91 Å². The van der Waals surface area contributed by atoms with Crippen molar-refractivity contribution < 1.29 is 14.3 Å². The molecular weight excluding hydrogens is 370 g/mol. The summed E-state index contributed by atoms with van der Waals surface area (Å²) in [6.45, 7) is 0. The van der Waals surface area contributed by atoms with Gasteiger partial charge in [-0.2, -0.15) is 0 Å². The summed E-state index contributed by atoms with van der Waals surface area (Å²) < 4.78 is 6.01. The molecule has 0 aliphatic carbocycles. The van der Waals surface area contributed by atoms with E-state index in [0.717, 1.165) is 5.56 Å². The molecule has 1 unspecified atom stereocenters. The molecule has 0 spiro atoms. The Labute approximate surface area is 140 Å². The Morgan fingerprint density at radius 1 is 1.27 bits per heavy atom. The molecule has 112 valence electrons. The zero-order valence-corrected chi connectivity index (χ0v) is 13.6. The van der Waals surface area contributed by atoms with E-state index in [9.17, 15) is 9.59 Å². The van der Waals surface area contributed by atoms with Crippen LogP contribution in [0.4, 0.5) is 5.69 Å². The van der Waals surface area contributed by atoms with E-state index in [2.05, 4.69) is 21.2 Å². The number of nitrogens with one attached hydrogen (secondary N) is 1. The lowest BCUT2D eigenvalue weighted by Gasteiger charge is -2.24. The van der Waals surface area contributed by atoms with Gasteiger partial charge in [-0.25, -0.2) is 0 Å². The zero-order valence-electron chi connectivity index (χ0n) is 11.3. The first-order valence-corrected chi connectivity index (χ1v) is 7.77.